The summed E-state index contributed by atoms with van der Waals surface area (Å²) in [6.45, 7) is 6.62. The Labute approximate surface area is 251 Å². The second-order valence-electron chi connectivity index (χ2n) is 9.81. The Hall–Kier alpha value is -3.47. The van der Waals surface area contributed by atoms with E-state index in [4.69, 9.17) is 9.47 Å². The van der Waals surface area contributed by atoms with Crippen LogP contribution in [0.4, 0.5) is 10.2 Å². The number of esters is 1. The third kappa shape index (κ3) is 7.44. The smallest absolute Gasteiger partial charge is 0.338 e. The predicted octanol–water partition coefficient (Wildman–Crippen LogP) is 6.89. The summed E-state index contributed by atoms with van der Waals surface area (Å²) >= 11 is 5.05. The summed E-state index contributed by atoms with van der Waals surface area (Å²) in [6, 6.07) is 20.5. The quantitative estimate of drug-likeness (QED) is 0.109. The normalized spacial score (nSPS) is 11.4. The van der Waals surface area contributed by atoms with Crippen molar-refractivity contribution in [3.8, 4) is 5.69 Å². The lowest BCUT2D eigenvalue weighted by atomic mass is 9.94. The van der Waals surface area contributed by atoms with E-state index in [1.807, 2.05) is 68.4 Å². The maximum Gasteiger partial charge on any atom is 0.338 e. The number of halogens is 2. The third-order valence-electron chi connectivity index (χ3n) is 6.46. The standard InChI is InChI=1S/C31H31BrFN3O4S/c1-20-24(33)16-22(30(38)39-4)17-25(20)36-18-27(32)34-28(29(36)37)35-31(2,3)23-12-8-9-13-26(23)41-15-14-40-19-21-10-6-5-7-11-21/h5-13,16-18H,14-15,19H2,1-4H3,(H,34,35). The molecule has 41 heavy (non-hydrogen) atoms. The van der Waals surface area contributed by atoms with Crippen molar-refractivity contribution >= 4 is 39.5 Å². The Bertz CT molecular complexity index is 1590. The second-order valence-corrected chi connectivity index (χ2v) is 11.8. The first-order valence-electron chi connectivity index (χ1n) is 12.9. The molecule has 0 aliphatic carbocycles. The highest BCUT2D eigenvalue weighted by Crippen LogP contribution is 2.33. The van der Waals surface area contributed by atoms with Crippen molar-refractivity contribution in [1.29, 1.82) is 0 Å². The van der Waals surface area contributed by atoms with Crippen LogP contribution in [-0.2, 0) is 21.6 Å². The SMILES string of the molecule is COC(=O)c1cc(F)c(C)c(-n2cc(Br)nc(NC(C)(C)c3ccccc3SCCOCc3ccccc3)c2=O)c1. The fourth-order valence-electron chi connectivity index (χ4n) is 4.32. The van der Waals surface area contributed by atoms with Gasteiger partial charge >= 0.3 is 5.97 Å². The molecule has 3 aromatic carbocycles. The van der Waals surface area contributed by atoms with Gasteiger partial charge in [-0.05, 0) is 66.0 Å². The van der Waals surface area contributed by atoms with Gasteiger partial charge < -0.3 is 14.8 Å². The molecule has 0 radical (unpaired) electrons. The molecular weight excluding hydrogens is 609 g/mol. The molecule has 1 heterocycles. The van der Waals surface area contributed by atoms with Crippen LogP contribution in [0.25, 0.3) is 5.69 Å². The van der Waals surface area contributed by atoms with Gasteiger partial charge in [0.05, 0.1) is 37.1 Å². The number of nitrogens with zero attached hydrogens (tertiary/aromatic N) is 2. The highest BCUT2D eigenvalue weighted by Gasteiger charge is 2.26. The van der Waals surface area contributed by atoms with Crippen LogP contribution in [0.15, 0.2) is 87.2 Å². The molecule has 0 aliphatic rings. The number of nitrogens with one attached hydrogen (secondary N) is 1. The van der Waals surface area contributed by atoms with Crippen LogP contribution >= 0.6 is 27.7 Å². The summed E-state index contributed by atoms with van der Waals surface area (Å²) < 4.78 is 27.0. The number of carbonyl (C=O) groups excluding carboxylic acids is 1. The Morgan fingerprint density at radius 1 is 1.12 bits per heavy atom. The first kappa shape index (κ1) is 30.5. The molecule has 7 nitrogen and oxygen atoms in total. The maximum absolute atomic E-state index is 14.8. The molecule has 10 heteroatoms. The minimum Gasteiger partial charge on any atom is -0.465 e. The molecule has 4 aromatic rings. The Morgan fingerprint density at radius 3 is 2.56 bits per heavy atom. The van der Waals surface area contributed by atoms with Crippen LogP contribution in [0.1, 0.15) is 40.9 Å². The van der Waals surface area contributed by atoms with E-state index in [-0.39, 0.29) is 22.6 Å². The van der Waals surface area contributed by atoms with E-state index in [1.54, 1.807) is 18.7 Å². The molecule has 1 aromatic heterocycles. The lowest BCUT2D eigenvalue weighted by Gasteiger charge is -2.29. The lowest BCUT2D eigenvalue weighted by Crippen LogP contribution is -2.34. The van der Waals surface area contributed by atoms with Gasteiger partial charge in [-0.2, -0.15) is 0 Å². The number of anilines is 1. The lowest BCUT2D eigenvalue weighted by molar-refractivity contribution is 0.0600. The molecule has 0 bridgehead atoms. The molecule has 0 saturated carbocycles. The molecule has 0 unspecified atom stereocenters. The molecule has 0 aliphatic heterocycles. The second kappa shape index (κ2) is 13.5. The molecule has 1 N–H and O–H groups in total. The van der Waals surface area contributed by atoms with Crippen LogP contribution in [0.5, 0.6) is 0 Å². The molecule has 214 valence electrons. The Balaban J connectivity index is 1.57. The van der Waals surface area contributed by atoms with Gasteiger partial charge in [0.2, 0.25) is 0 Å². The number of ether oxygens (including phenoxy) is 2. The first-order chi connectivity index (χ1) is 19.6. The van der Waals surface area contributed by atoms with Crippen LogP contribution in [-0.4, -0.2) is 35.0 Å². The largest absolute Gasteiger partial charge is 0.465 e. The van der Waals surface area contributed by atoms with Crippen LogP contribution < -0.4 is 10.9 Å². The van der Waals surface area contributed by atoms with Gasteiger partial charge in [-0.1, -0.05) is 48.5 Å². The van der Waals surface area contributed by atoms with E-state index in [0.717, 1.165) is 27.8 Å². The number of hydrogen-bond donors (Lipinski definition) is 1. The summed E-state index contributed by atoms with van der Waals surface area (Å²) in [7, 11) is 1.22. The van der Waals surface area contributed by atoms with E-state index in [9.17, 15) is 14.0 Å². The number of methoxy groups -OCH3 is 1. The monoisotopic (exact) mass is 639 g/mol. The fraction of sp³-hybridized carbons (Fsp3) is 0.258. The topological polar surface area (TPSA) is 82.5 Å². The zero-order valence-electron chi connectivity index (χ0n) is 23.2. The average Bonchev–Trinajstić information content (AvgIpc) is 2.96. The summed E-state index contributed by atoms with van der Waals surface area (Å²) in [5.41, 5.74) is 1.34. The molecule has 0 spiro atoms. The number of benzene rings is 3. The van der Waals surface area contributed by atoms with Gasteiger partial charge in [0.1, 0.15) is 10.4 Å². The minimum atomic E-state index is -0.703. The Morgan fingerprint density at radius 2 is 1.83 bits per heavy atom. The molecular formula is C31H31BrFN3O4S. The highest BCUT2D eigenvalue weighted by molar-refractivity contribution is 9.10. The van der Waals surface area contributed by atoms with Crippen molar-refractivity contribution in [2.24, 2.45) is 0 Å². The number of rotatable bonds is 11. The van der Waals surface area contributed by atoms with Crippen molar-refractivity contribution < 1.29 is 18.7 Å². The zero-order chi connectivity index (χ0) is 29.6. The molecule has 4 rings (SSSR count). The van der Waals surface area contributed by atoms with E-state index in [2.05, 4.69) is 26.2 Å². The Kier molecular flexibility index (Phi) is 10.0. The van der Waals surface area contributed by atoms with Crippen molar-refractivity contribution in [3.05, 3.63) is 116 Å². The maximum atomic E-state index is 14.8. The van der Waals surface area contributed by atoms with E-state index >= 15 is 0 Å². The van der Waals surface area contributed by atoms with Crippen LogP contribution in [0.3, 0.4) is 0 Å². The fourth-order valence-corrected chi connectivity index (χ4v) is 5.78. The molecule has 0 atom stereocenters. The molecule has 0 fully saturated rings. The van der Waals surface area contributed by atoms with Gasteiger partial charge in [-0.3, -0.25) is 9.36 Å². The molecule has 0 amide bonds. The van der Waals surface area contributed by atoms with Crippen molar-refractivity contribution in [1.82, 2.24) is 9.55 Å². The average molecular weight is 641 g/mol. The summed E-state index contributed by atoms with van der Waals surface area (Å²) in [5.74, 6) is -0.510. The van der Waals surface area contributed by atoms with Crippen molar-refractivity contribution in [2.45, 2.75) is 37.8 Å². The van der Waals surface area contributed by atoms with E-state index in [0.29, 0.717) is 17.8 Å². The van der Waals surface area contributed by atoms with E-state index in [1.165, 1.54) is 23.9 Å². The number of aromatic nitrogens is 2. The minimum absolute atomic E-state index is 0.000950. The van der Waals surface area contributed by atoms with Gasteiger partial charge in [0.25, 0.3) is 5.56 Å². The summed E-state index contributed by atoms with van der Waals surface area (Å²) in [6.07, 6.45) is 1.45. The summed E-state index contributed by atoms with van der Waals surface area (Å²) in [4.78, 5) is 31.2. The summed E-state index contributed by atoms with van der Waals surface area (Å²) in [5, 5.41) is 3.30. The first-order valence-corrected chi connectivity index (χ1v) is 14.7. The van der Waals surface area contributed by atoms with Crippen LogP contribution in [0, 0.1) is 12.7 Å². The predicted molar refractivity (Wildman–Crippen MR) is 163 cm³/mol. The highest BCUT2D eigenvalue weighted by atomic mass is 79.9. The van der Waals surface area contributed by atoms with Gasteiger partial charge in [0.15, 0.2) is 5.82 Å². The number of hydrogen-bond acceptors (Lipinski definition) is 7. The van der Waals surface area contributed by atoms with E-state index < -0.39 is 22.9 Å². The zero-order valence-corrected chi connectivity index (χ0v) is 25.6. The van der Waals surface area contributed by atoms with Crippen LogP contribution in [0.2, 0.25) is 0 Å². The van der Waals surface area contributed by atoms with Crippen molar-refractivity contribution in [3.63, 3.8) is 0 Å². The number of thioether (sulfide) groups is 1. The molecule has 0 saturated heterocycles. The van der Waals surface area contributed by atoms with Crippen molar-refractivity contribution in [2.75, 3.05) is 24.8 Å². The number of carbonyl (C=O) groups is 1. The third-order valence-corrected chi connectivity index (χ3v) is 7.88. The van der Waals surface area contributed by atoms with Gasteiger partial charge in [-0.15, -0.1) is 11.8 Å². The van der Waals surface area contributed by atoms with Gasteiger partial charge in [-0.25, -0.2) is 14.2 Å². The van der Waals surface area contributed by atoms with Gasteiger partial charge in [0, 0.05) is 22.4 Å².